The van der Waals surface area contributed by atoms with Gasteiger partial charge < -0.3 is 20.3 Å². The van der Waals surface area contributed by atoms with Gasteiger partial charge >= 0.3 is 6.03 Å². The lowest BCUT2D eigenvalue weighted by Crippen LogP contribution is -2.37. The third-order valence-electron chi connectivity index (χ3n) is 3.73. The van der Waals surface area contributed by atoms with E-state index in [0.29, 0.717) is 25.9 Å². The number of carbonyl (C=O) groups excluding carboxylic acids is 1. The van der Waals surface area contributed by atoms with Crippen LogP contribution in [0.25, 0.3) is 0 Å². The summed E-state index contributed by atoms with van der Waals surface area (Å²) in [4.78, 5) is 11.7. The first kappa shape index (κ1) is 17.0. The molecule has 0 aliphatic carbocycles. The molecule has 1 heterocycles. The first-order chi connectivity index (χ1) is 11.1. The summed E-state index contributed by atoms with van der Waals surface area (Å²) in [5, 5.41) is 19.4. The van der Waals surface area contributed by atoms with E-state index < -0.39 is 6.10 Å². The van der Waals surface area contributed by atoms with Crippen molar-refractivity contribution in [3.63, 3.8) is 0 Å². The second-order valence-electron chi connectivity index (χ2n) is 5.45. The first-order valence-corrected chi connectivity index (χ1v) is 7.74. The molecule has 0 saturated heterocycles. The molecule has 2 rings (SSSR count). The van der Waals surface area contributed by atoms with Crippen molar-refractivity contribution in [2.45, 2.75) is 32.8 Å². The van der Waals surface area contributed by atoms with Gasteiger partial charge in [-0.05, 0) is 32.3 Å². The second-order valence-corrected chi connectivity index (χ2v) is 5.45. The molecule has 3 N–H and O–H groups in total. The van der Waals surface area contributed by atoms with Gasteiger partial charge in [-0.15, -0.1) is 0 Å². The Kier molecular flexibility index (Phi) is 6.17. The van der Waals surface area contributed by atoms with Crippen LogP contribution in [0.3, 0.4) is 0 Å². The SMILES string of the molecule is Cc1noc(C)c1CCNC(=O)NCCC(O)c1ccccc1. The molecule has 6 heteroatoms. The maximum atomic E-state index is 11.7. The minimum atomic E-state index is -0.571. The predicted molar refractivity (Wildman–Crippen MR) is 87.1 cm³/mol. The quantitative estimate of drug-likeness (QED) is 0.731. The van der Waals surface area contributed by atoms with Crippen LogP contribution in [0.2, 0.25) is 0 Å². The van der Waals surface area contributed by atoms with E-state index in [1.54, 1.807) is 0 Å². The summed E-state index contributed by atoms with van der Waals surface area (Å²) in [6, 6.07) is 9.17. The average Bonchev–Trinajstić information content (AvgIpc) is 2.87. The van der Waals surface area contributed by atoms with Crippen molar-refractivity contribution < 1.29 is 14.4 Å². The van der Waals surface area contributed by atoms with E-state index in [2.05, 4.69) is 15.8 Å². The number of nitrogens with zero attached hydrogens (tertiary/aromatic N) is 1. The zero-order valence-electron chi connectivity index (χ0n) is 13.5. The molecule has 2 aromatic rings. The lowest BCUT2D eigenvalue weighted by Gasteiger charge is -2.12. The Morgan fingerprint density at radius 1 is 1.22 bits per heavy atom. The largest absolute Gasteiger partial charge is 0.388 e. The lowest BCUT2D eigenvalue weighted by molar-refractivity contribution is 0.167. The highest BCUT2D eigenvalue weighted by Crippen LogP contribution is 2.15. The van der Waals surface area contributed by atoms with E-state index in [4.69, 9.17) is 4.52 Å². The van der Waals surface area contributed by atoms with Gasteiger partial charge in [0.2, 0.25) is 0 Å². The summed E-state index contributed by atoms with van der Waals surface area (Å²) < 4.78 is 5.08. The van der Waals surface area contributed by atoms with Crippen molar-refractivity contribution in [1.82, 2.24) is 15.8 Å². The summed E-state index contributed by atoms with van der Waals surface area (Å²) in [6.45, 7) is 4.67. The summed E-state index contributed by atoms with van der Waals surface area (Å²) in [5.41, 5.74) is 2.74. The van der Waals surface area contributed by atoms with Gasteiger partial charge in [-0.25, -0.2) is 4.79 Å². The van der Waals surface area contributed by atoms with Gasteiger partial charge in [0.25, 0.3) is 0 Å². The molecule has 1 aromatic heterocycles. The van der Waals surface area contributed by atoms with Crippen molar-refractivity contribution in [3.8, 4) is 0 Å². The molecule has 0 bridgehead atoms. The van der Waals surface area contributed by atoms with Crippen molar-refractivity contribution in [1.29, 1.82) is 0 Å². The van der Waals surface area contributed by atoms with E-state index >= 15 is 0 Å². The number of hydrogen-bond donors (Lipinski definition) is 3. The Balaban J connectivity index is 1.64. The standard InChI is InChI=1S/C17H23N3O3/c1-12-15(13(2)23-20-12)8-10-18-17(22)19-11-9-16(21)14-6-4-3-5-7-14/h3-7,16,21H,8-11H2,1-2H3,(H2,18,19,22). The molecule has 0 radical (unpaired) electrons. The zero-order valence-corrected chi connectivity index (χ0v) is 13.5. The maximum Gasteiger partial charge on any atom is 0.314 e. The number of amides is 2. The molecular weight excluding hydrogens is 294 g/mol. The van der Waals surface area contributed by atoms with E-state index in [0.717, 1.165) is 22.6 Å². The van der Waals surface area contributed by atoms with Crippen molar-refractivity contribution >= 4 is 6.03 Å². The van der Waals surface area contributed by atoms with Gasteiger partial charge in [0, 0.05) is 18.7 Å². The van der Waals surface area contributed by atoms with Crippen LogP contribution in [-0.2, 0) is 6.42 Å². The Hall–Kier alpha value is -2.34. The number of aromatic nitrogens is 1. The third-order valence-corrected chi connectivity index (χ3v) is 3.73. The minimum Gasteiger partial charge on any atom is -0.388 e. The lowest BCUT2D eigenvalue weighted by atomic mass is 10.1. The van der Waals surface area contributed by atoms with Gasteiger partial charge in [-0.2, -0.15) is 0 Å². The molecule has 0 saturated carbocycles. The van der Waals surface area contributed by atoms with Crippen LogP contribution in [-0.4, -0.2) is 29.4 Å². The molecule has 1 atom stereocenters. The number of nitrogens with one attached hydrogen (secondary N) is 2. The molecule has 0 aliphatic rings. The molecule has 0 aliphatic heterocycles. The summed E-state index contributed by atoms with van der Waals surface area (Å²) in [7, 11) is 0. The summed E-state index contributed by atoms with van der Waals surface area (Å²) in [5.74, 6) is 0.788. The number of rotatable bonds is 7. The van der Waals surface area contributed by atoms with E-state index in [1.807, 2.05) is 44.2 Å². The third kappa shape index (κ3) is 5.10. The summed E-state index contributed by atoms with van der Waals surface area (Å²) in [6.07, 6.45) is 0.585. The summed E-state index contributed by atoms with van der Waals surface area (Å²) >= 11 is 0. The fraction of sp³-hybridized carbons (Fsp3) is 0.412. The molecule has 2 amide bonds. The van der Waals surface area contributed by atoms with Gasteiger partial charge in [0.1, 0.15) is 5.76 Å². The van der Waals surface area contributed by atoms with Crippen LogP contribution in [0.4, 0.5) is 4.79 Å². The Morgan fingerprint density at radius 2 is 1.91 bits per heavy atom. The van der Waals surface area contributed by atoms with Gasteiger partial charge in [-0.1, -0.05) is 35.5 Å². The normalized spacial score (nSPS) is 12.0. The van der Waals surface area contributed by atoms with Gasteiger partial charge in [-0.3, -0.25) is 0 Å². The van der Waals surface area contributed by atoms with Crippen molar-refractivity contribution in [2.75, 3.05) is 13.1 Å². The molecule has 0 fully saturated rings. The second kappa shape index (κ2) is 8.33. The van der Waals surface area contributed by atoms with Crippen LogP contribution in [0, 0.1) is 13.8 Å². The van der Waals surface area contributed by atoms with Crippen LogP contribution in [0.15, 0.2) is 34.9 Å². The first-order valence-electron chi connectivity index (χ1n) is 7.74. The van der Waals surface area contributed by atoms with Crippen LogP contribution in [0.1, 0.15) is 35.1 Å². The smallest absolute Gasteiger partial charge is 0.314 e. The van der Waals surface area contributed by atoms with Crippen molar-refractivity contribution in [2.24, 2.45) is 0 Å². The Labute approximate surface area is 135 Å². The molecule has 0 spiro atoms. The van der Waals surface area contributed by atoms with Crippen molar-refractivity contribution in [3.05, 3.63) is 52.9 Å². The molecule has 23 heavy (non-hydrogen) atoms. The number of benzene rings is 1. The number of aliphatic hydroxyl groups excluding tert-OH is 1. The molecular formula is C17H23N3O3. The van der Waals surface area contributed by atoms with Gasteiger partial charge in [0.05, 0.1) is 11.8 Å². The predicted octanol–water partition coefficient (Wildman–Crippen LogP) is 2.26. The number of aliphatic hydroxyl groups is 1. The van der Waals surface area contributed by atoms with E-state index in [1.165, 1.54) is 0 Å². The van der Waals surface area contributed by atoms with Crippen LogP contribution < -0.4 is 10.6 Å². The highest BCUT2D eigenvalue weighted by atomic mass is 16.5. The molecule has 1 aromatic carbocycles. The van der Waals surface area contributed by atoms with E-state index in [9.17, 15) is 9.90 Å². The highest BCUT2D eigenvalue weighted by molar-refractivity contribution is 5.73. The number of aryl methyl sites for hydroxylation is 2. The average molecular weight is 317 g/mol. The van der Waals surface area contributed by atoms with Crippen LogP contribution >= 0.6 is 0 Å². The van der Waals surface area contributed by atoms with E-state index in [-0.39, 0.29) is 6.03 Å². The molecule has 124 valence electrons. The molecule has 6 nitrogen and oxygen atoms in total. The van der Waals surface area contributed by atoms with Crippen LogP contribution in [0.5, 0.6) is 0 Å². The Bertz CT molecular complexity index is 606. The monoisotopic (exact) mass is 317 g/mol. The van der Waals surface area contributed by atoms with Gasteiger partial charge in [0.15, 0.2) is 0 Å². The number of hydrogen-bond acceptors (Lipinski definition) is 4. The zero-order chi connectivity index (χ0) is 16.7. The topological polar surface area (TPSA) is 87.4 Å². The maximum absolute atomic E-state index is 11.7. The Morgan fingerprint density at radius 3 is 2.57 bits per heavy atom. The number of carbonyl (C=O) groups is 1. The molecule has 1 unspecified atom stereocenters. The fourth-order valence-corrected chi connectivity index (χ4v) is 2.39. The minimum absolute atomic E-state index is 0.239. The highest BCUT2D eigenvalue weighted by Gasteiger charge is 2.10. The fourth-order valence-electron chi connectivity index (χ4n) is 2.39. The number of urea groups is 1.